The molecule has 1 aromatic heterocycles. The Morgan fingerprint density at radius 2 is 2.18 bits per heavy atom. The van der Waals surface area contributed by atoms with E-state index in [1.807, 2.05) is 0 Å². The van der Waals surface area contributed by atoms with Gasteiger partial charge in [-0.3, -0.25) is 0 Å². The second kappa shape index (κ2) is 4.13. The first-order valence-electron chi connectivity index (χ1n) is 7.06. The minimum Gasteiger partial charge on any atom is -0.331 e. The normalized spacial score (nSPS) is 21.3. The largest absolute Gasteiger partial charge is 0.331 e. The zero-order chi connectivity index (χ0) is 11.9. The Morgan fingerprint density at radius 3 is 2.82 bits per heavy atom. The number of hydrogen-bond donors (Lipinski definition) is 1. The lowest BCUT2D eigenvalue weighted by atomic mass is 10.0. The molecule has 1 aromatic rings. The summed E-state index contributed by atoms with van der Waals surface area (Å²) in [5.74, 6) is 1.30. The average molecular weight is 233 g/mol. The molecule has 3 rings (SSSR count). The van der Waals surface area contributed by atoms with Gasteiger partial charge in [-0.15, -0.1) is 0 Å². The van der Waals surface area contributed by atoms with Crippen molar-refractivity contribution in [1.82, 2.24) is 14.9 Å². The lowest BCUT2D eigenvalue weighted by molar-refractivity contribution is 0.392. The van der Waals surface area contributed by atoms with Crippen molar-refractivity contribution in [2.75, 3.05) is 6.54 Å². The summed E-state index contributed by atoms with van der Waals surface area (Å²) in [4.78, 5) is 4.82. The van der Waals surface area contributed by atoms with Gasteiger partial charge in [-0.25, -0.2) is 4.98 Å². The van der Waals surface area contributed by atoms with Gasteiger partial charge in [-0.2, -0.15) is 0 Å². The molecule has 1 aliphatic carbocycles. The summed E-state index contributed by atoms with van der Waals surface area (Å²) >= 11 is 0. The molecule has 1 aliphatic heterocycles. The summed E-state index contributed by atoms with van der Waals surface area (Å²) in [5.41, 5.74) is 3.43. The third-order valence-electron chi connectivity index (χ3n) is 4.58. The quantitative estimate of drug-likeness (QED) is 0.864. The molecule has 2 heterocycles. The molecule has 3 heteroatoms. The number of nitrogens with zero attached hydrogens (tertiary/aromatic N) is 2. The molecule has 3 nitrogen and oxygen atoms in total. The van der Waals surface area contributed by atoms with Crippen molar-refractivity contribution >= 4 is 0 Å². The van der Waals surface area contributed by atoms with Gasteiger partial charge in [0.2, 0.25) is 0 Å². The van der Waals surface area contributed by atoms with E-state index >= 15 is 0 Å². The zero-order valence-electron chi connectivity index (χ0n) is 11.1. The van der Waals surface area contributed by atoms with E-state index in [0.29, 0.717) is 5.41 Å². The van der Waals surface area contributed by atoms with Crippen LogP contribution < -0.4 is 5.32 Å². The Kier molecular flexibility index (Phi) is 2.74. The van der Waals surface area contributed by atoms with Crippen LogP contribution in [0.4, 0.5) is 0 Å². The van der Waals surface area contributed by atoms with Crippen molar-refractivity contribution in [1.29, 1.82) is 0 Å². The highest BCUT2D eigenvalue weighted by atomic mass is 15.1. The molecule has 17 heavy (non-hydrogen) atoms. The van der Waals surface area contributed by atoms with E-state index in [1.54, 1.807) is 0 Å². The SMILES string of the molecule is CCc1nc2c(n1CC1(CC)CC1)CCNC2. The fraction of sp³-hybridized carbons (Fsp3) is 0.786. The van der Waals surface area contributed by atoms with Crippen LogP contribution in [-0.4, -0.2) is 16.1 Å². The number of aromatic nitrogens is 2. The number of fused-ring (bicyclic) bond motifs is 1. The number of rotatable bonds is 4. The first-order valence-corrected chi connectivity index (χ1v) is 7.06. The Labute approximate surface area is 104 Å². The van der Waals surface area contributed by atoms with Gasteiger partial charge in [0, 0.05) is 38.2 Å². The van der Waals surface area contributed by atoms with Gasteiger partial charge < -0.3 is 9.88 Å². The van der Waals surface area contributed by atoms with Gasteiger partial charge in [0.25, 0.3) is 0 Å². The van der Waals surface area contributed by atoms with Crippen molar-refractivity contribution in [2.24, 2.45) is 5.41 Å². The van der Waals surface area contributed by atoms with Gasteiger partial charge in [-0.1, -0.05) is 13.8 Å². The van der Waals surface area contributed by atoms with E-state index in [9.17, 15) is 0 Å². The summed E-state index contributed by atoms with van der Waals surface area (Å²) in [5, 5.41) is 3.42. The molecule has 0 amide bonds. The van der Waals surface area contributed by atoms with E-state index in [0.717, 1.165) is 25.9 Å². The van der Waals surface area contributed by atoms with E-state index in [4.69, 9.17) is 4.98 Å². The van der Waals surface area contributed by atoms with Gasteiger partial charge >= 0.3 is 0 Å². The van der Waals surface area contributed by atoms with Crippen LogP contribution in [0.3, 0.4) is 0 Å². The van der Waals surface area contributed by atoms with Crippen LogP contribution in [0, 0.1) is 5.41 Å². The van der Waals surface area contributed by atoms with Crippen LogP contribution in [0.1, 0.15) is 50.3 Å². The smallest absolute Gasteiger partial charge is 0.108 e. The van der Waals surface area contributed by atoms with Crippen molar-refractivity contribution in [3.05, 3.63) is 17.2 Å². The molecule has 2 aliphatic rings. The second-order valence-corrected chi connectivity index (χ2v) is 5.64. The fourth-order valence-corrected chi connectivity index (χ4v) is 3.02. The predicted octanol–water partition coefficient (Wildman–Crippen LogP) is 2.28. The molecule has 0 radical (unpaired) electrons. The monoisotopic (exact) mass is 233 g/mol. The van der Waals surface area contributed by atoms with Gasteiger partial charge in [-0.05, 0) is 24.7 Å². The lowest BCUT2D eigenvalue weighted by Crippen LogP contribution is -2.26. The van der Waals surface area contributed by atoms with Crippen LogP contribution in [0.25, 0.3) is 0 Å². The lowest BCUT2D eigenvalue weighted by Gasteiger charge is -2.20. The summed E-state index contributed by atoms with van der Waals surface area (Å²) < 4.78 is 2.55. The molecule has 0 saturated heterocycles. The van der Waals surface area contributed by atoms with Gasteiger partial charge in [0.05, 0.1) is 5.69 Å². The summed E-state index contributed by atoms with van der Waals surface area (Å²) in [6, 6.07) is 0. The fourth-order valence-electron chi connectivity index (χ4n) is 3.02. The number of aryl methyl sites for hydroxylation is 1. The van der Waals surface area contributed by atoms with Crippen LogP contribution >= 0.6 is 0 Å². The maximum atomic E-state index is 4.82. The van der Waals surface area contributed by atoms with Crippen molar-refractivity contribution in [3.8, 4) is 0 Å². The molecule has 1 N–H and O–H groups in total. The molecule has 0 aromatic carbocycles. The molecule has 0 bridgehead atoms. The van der Waals surface area contributed by atoms with E-state index < -0.39 is 0 Å². The topological polar surface area (TPSA) is 29.9 Å². The summed E-state index contributed by atoms with van der Waals surface area (Å²) in [6.45, 7) is 7.86. The van der Waals surface area contributed by atoms with Crippen LogP contribution in [0.5, 0.6) is 0 Å². The maximum absolute atomic E-state index is 4.82. The molecule has 0 unspecified atom stereocenters. The minimum absolute atomic E-state index is 0.614. The number of nitrogens with one attached hydrogen (secondary N) is 1. The van der Waals surface area contributed by atoms with Crippen molar-refractivity contribution in [2.45, 2.75) is 59.0 Å². The zero-order valence-corrected chi connectivity index (χ0v) is 11.1. The first kappa shape index (κ1) is 11.3. The number of hydrogen-bond acceptors (Lipinski definition) is 2. The predicted molar refractivity (Wildman–Crippen MR) is 69.0 cm³/mol. The third-order valence-corrected chi connectivity index (χ3v) is 4.58. The number of imidazole rings is 1. The molecule has 94 valence electrons. The highest BCUT2D eigenvalue weighted by Gasteiger charge is 2.41. The Bertz CT molecular complexity index is 415. The molecule has 0 atom stereocenters. The summed E-state index contributed by atoms with van der Waals surface area (Å²) in [7, 11) is 0. The maximum Gasteiger partial charge on any atom is 0.108 e. The van der Waals surface area contributed by atoms with Crippen LogP contribution in [0.2, 0.25) is 0 Å². The highest BCUT2D eigenvalue weighted by molar-refractivity contribution is 5.21. The molecular formula is C14H23N3. The average Bonchev–Trinajstić information content (AvgIpc) is 3.06. The van der Waals surface area contributed by atoms with E-state index in [2.05, 4.69) is 23.7 Å². The van der Waals surface area contributed by atoms with Crippen molar-refractivity contribution in [3.63, 3.8) is 0 Å². The molecule has 1 fully saturated rings. The Hall–Kier alpha value is -0.830. The molecule has 0 spiro atoms. The second-order valence-electron chi connectivity index (χ2n) is 5.64. The minimum atomic E-state index is 0.614. The van der Waals surface area contributed by atoms with E-state index in [1.165, 1.54) is 43.0 Å². The highest BCUT2D eigenvalue weighted by Crippen LogP contribution is 2.50. The Balaban J connectivity index is 1.93. The molecule has 1 saturated carbocycles. The van der Waals surface area contributed by atoms with Crippen molar-refractivity contribution < 1.29 is 0 Å². The molecular weight excluding hydrogens is 210 g/mol. The van der Waals surface area contributed by atoms with Crippen LogP contribution in [0.15, 0.2) is 0 Å². The standard InChI is InChI=1S/C14H23N3/c1-3-13-16-11-9-15-8-5-12(11)17(13)10-14(4-2)6-7-14/h15H,3-10H2,1-2H3. The van der Waals surface area contributed by atoms with Crippen LogP contribution in [-0.2, 0) is 25.9 Å². The van der Waals surface area contributed by atoms with E-state index in [-0.39, 0.29) is 0 Å². The van der Waals surface area contributed by atoms with Gasteiger partial charge in [0.15, 0.2) is 0 Å². The first-order chi connectivity index (χ1) is 8.28. The third kappa shape index (κ3) is 1.90. The summed E-state index contributed by atoms with van der Waals surface area (Å²) in [6.07, 6.45) is 6.37. The van der Waals surface area contributed by atoms with Gasteiger partial charge in [0.1, 0.15) is 5.82 Å². The Morgan fingerprint density at radius 1 is 1.35 bits per heavy atom.